The largest absolute Gasteiger partial charge is 0.274 e. The van der Waals surface area contributed by atoms with Gasteiger partial charge in [0, 0.05) is 5.41 Å². The number of carbonyl (C=O) groups excluding carboxylic acids is 2. The van der Waals surface area contributed by atoms with Crippen LogP contribution in [0.3, 0.4) is 0 Å². The summed E-state index contributed by atoms with van der Waals surface area (Å²) in [5, 5.41) is 0. The first-order valence-corrected chi connectivity index (χ1v) is 8.90. The number of piperidine rings is 1. The van der Waals surface area contributed by atoms with Crippen LogP contribution in [-0.2, 0) is 15.0 Å². The van der Waals surface area contributed by atoms with Crippen molar-refractivity contribution in [2.45, 2.75) is 5.41 Å². The second-order valence-corrected chi connectivity index (χ2v) is 7.04. The summed E-state index contributed by atoms with van der Waals surface area (Å²) in [5.41, 5.74) is 1.76. The highest BCUT2D eigenvalue weighted by Gasteiger charge is 2.78. The second kappa shape index (κ2) is 5.61. The van der Waals surface area contributed by atoms with Gasteiger partial charge in [-0.05, 0) is 35.4 Å². The number of carbonyl (C=O) groups is 2. The molecule has 2 amide bonds. The van der Waals surface area contributed by atoms with Gasteiger partial charge in [-0.1, -0.05) is 60.7 Å². The van der Waals surface area contributed by atoms with Gasteiger partial charge in [0.2, 0.25) is 11.8 Å². The first-order valence-electron chi connectivity index (χ1n) is 8.90. The molecular weight excluding hydrogens is 341 g/mol. The van der Waals surface area contributed by atoms with Crippen LogP contribution in [0.1, 0.15) is 11.1 Å². The Morgan fingerprint density at radius 2 is 1.11 bits per heavy atom. The minimum absolute atomic E-state index is 0.218. The van der Waals surface area contributed by atoms with Crippen molar-refractivity contribution in [1.29, 1.82) is 0 Å². The molecule has 0 unspecified atom stereocenters. The molecule has 3 aromatic carbocycles. The maximum atomic E-state index is 13.2. The van der Waals surface area contributed by atoms with E-state index in [1.807, 2.05) is 60.7 Å². The van der Waals surface area contributed by atoms with Crippen LogP contribution in [0.25, 0.3) is 0 Å². The molecule has 0 bridgehead atoms. The molecule has 0 radical (unpaired) electrons. The lowest BCUT2D eigenvalue weighted by atomic mass is 9.83. The summed E-state index contributed by atoms with van der Waals surface area (Å²) in [5.74, 6) is -1.70. The van der Waals surface area contributed by atoms with Crippen molar-refractivity contribution in [1.82, 2.24) is 0 Å². The average molecular weight is 357 g/mol. The van der Waals surface area contributed by atoms with E-state index < -0.39 is 23.1 Å². The summed E-state index contributed by atoms with van der Waals surface area (Å²) < 4.78 is 13.2. The third-order valence-electron chi connectivity index (χ3n) is 5.77. The fourth-order valence-corrected chi connectivity index (χ4v) is 4.61. The van der Waals surface area contributed by atoms with E-state index >= 15 is 0 Å². The fraction of sp³-hybridized carbons (Fsp3) is 0.130. The standard InChI is InChI=1S/C23H16FNO2/c24-17-11-13-18(14-12-17)25-21(26)19-20(22(25)27)23(19,15-7-3-1-4-8-15)16-9-5-2-6-10-16/h1-14,19-20H/t19-,20-/m0/s1. The second-order valence-electron chi connectivity index (χ2n) is 7.04. The van der Waals surface area contributed by atoms with Crippen LogP contribution < -0.4 is 4.90 Å². The summed E-state index contributed by atoms with van der Waals surface area (Å²) in [6.07, 6.45) is 0. The summed E-state index contributed by atoms with van der Waals surface area (Å²) in [6, 6.07) is 25.0. The van der Waals surface area contributed by atoms with Crippen molar-refractivity contribution >= 4 is 17.5 Å². The number of benzene rings is 3. The highest BCUT2D eigenvalue weighted by atomic mass is 19.1. The number of amides is 2. The van der Waals surface area contributed by atoms with E-state index in [2.05, 4.69) is 0 Å². The molecule has 0 N–H and O–H groups in total. The van der Waals surface area contributed by atoms with E-state index in [-0.39, 0.29) is 11.8 Å². The van der Waals surface area contributed by atoms with E-state index in [0.29, 0.717) is 5.69 Å². The third-order valence-corrected chi connectivity index (χ3v) is 5.77. The number of anilines is 1. The lowest BCUT2D eigenvalue weighted by molar-refractivity contribution is -0.124. The highest BCUT2D eigenvalue weighted by Crippen LogP contribution is 2.68. The molecule has 3 nitrogen and oxygen atoms in total. The van der Waals surface area contributed by atoms with Crippen LogP contribution in [0.2, 0.25) is 0 Å². The monoisotopic (exact) mass is 357 g/mol. The van der Waals surface area contributed by atoms with Gasteiger partial charge in [-0.15, -0.1) is 0 Å². The Morgan fingerprint density at radius 3 is 1.56 bits per heavy atom. The number of hydrogen-bond donors (Lipinski definition) is 0. The van der Waals surface area contributed by atoms with Crippen molar-refractivity contribution < 1.29 is 14.0 Å². The highest BCUT2D eigenvalue weighted by molar-refractivity contribution is 6.27. The Kier molecular flexibility index (Phi) is 3.31. The number of fused-ring (bicyclic) bond motifs is 1. The smallest absolute Gasteiger partial charge is 0.239 e. The average Bonchev–Trinajstić information content (AvgIpc) is 3.35. The third kappa shape index (κ3) is 2.07. The van der Waals surface area contributed by atoms with Crippen LogP contribution in [0.15, 0.2) is 84.9 Å². The molecule has 3 aromatic rings. The minimum atomic E-state index is -0.618. The molecule has 2 fully saturated rings. The van der Waals surface area contributed by atoms with Gasteiger partial charge < -0.3 is 0 Å². The van der Waals surface area contributed by atoms with Gasteiger partial charge in [0.1, 0.15) is 5.82 Å². The molecule has 2 aliphatic rings. The van der Waals surface area contributed by atoms with Gasteiger partial charge in [-0.2, -0.15) is 0 Å². The van der Waals surface area contributed by atoms with Gasteiger partial charge in [-0.25, -0.2) is 9.29 Å². The molecular formula is C23H16FNO2. The molecule has 5 rings (SSSR count). The molecule has 1 saturated carbocycles. The van der Waals surface area contributed by atoms with Gasteiger partial charge in [0.25, 0.3) is 0 Å². The molecule has 1 saturated heterocycles. The molecule has 1 aliphatic heterocycles. The maximum Gasteiger partial charge on any atom is 0.239 e. The van der Waals surface area contributed by atoms with Gasteiger partial charge >= 0.3 is 0 Å². The van der Waals surface area contributed by atoms with E-state index in [9.17, 15) is 14.0 Å². The number of hydrogen-bond acceptors (Lipinski definition) is 2. The van der Waals surface area contributed by atoms with Crippen LogP contribution >= 0.6 is 0 Å². The van der Waals surface area contributed by atoms with E-state index in [1.165, 1.54) is 29.2 Å². The van der Waals surface area contributed by atoms with Crippen molar-refractivity contribution in [3.63, 3.8) is 0 Å². The minimum Gasteiger partial charge on any atom is -0.274 e. The Morgan fingerprint density at radius 1 is 0.667 bits per heavy atom. The maximum absolute atomic E-state index is 13.2. The van der Waals surface area contributed by atoms with Crippen LogP contribution in [0.4, 0.5) is 10.1 Å². The van der Waals surface area contributed by atoms with Gasteiger partial charge in [0.05, 0.1) is 17.5 Å². The van der Waals surface area contributed by atoms with E-state index in [1.54, 1.807) is 0 Å². The molecule has 0 spiro atoms. The number of rotatable bonds is 3. The summed E-state index contributed by atoms with van der Waals surface area (Å²) >= 11 is 0. The van der Waals surface area contributed by atoms with Crippen LogP contribution in [0.5, 0.6) is 0 Å². The van der Waals surface area contributed by atoms with Crippen molar-refractivity contribution in [3.05, 3.63) is 102 Å². The molecule has 4 heteroatoms. The van der Waals surface area contributed by atoms with Crippen LogP contribution in [0, 0.1) is 17.7 Å². The topological polar surface area (TPSA) is 37.4 Å². The van der Waals surface area contributed by atoms with Gasteiger partial charge in [0.15, 0.2) is 0 Å². The molecule has 0 aromatic heterocycles. The Bertz CT molecular complexity index is 967. The van der Waals surface area contributed by atoms with Crippen molar-refractivity contribution in [2.24, 2.45) is 11.8 Å². The summed E-state index contributed by atoms with van der Waals surface area (Å²) in [6.45, 7) is 0. The first-order chi connectivity index (χ1) is 13.2. The van der Waals surface area contributed by atoms with Crippen molar-refractivity contribution in [2.75, 3.05) is 4.90 Å². The van der Waals surface area contributed by atoms with Gasteiger partial charge in [-0.3, -0.25) is 9.59 Å². The molecule has 2 atom stereocenters. The first kappa shape index (κ1) is 15.9. The zero-order chi connectivity index (χ0) is 18.6. The van der Waals surface area contributed by atoms with Crippen molar-refractivity contribution in [3.8, 4) is 0 Å². The fourth-order valence-electron chi connectivity index (χ4n) is 4.61. The Hall–Kier alpha value is -3.27. The predicted octanol–water partition coefficient (Wildman–Crippen LogP) is 3.93. The van der Waals surface area contributed by atoms with Crippen LogP contribution in [-0.4, -0.2) is 11.8 Å². The Balaban J connectivity index is 1.61. The summed E-state index contributed by atoms with van der Waals surface area (Å²) in [7, 11) is 0. The normalized spacial score (nSPS) is 22.6. The zero-order valence-corrected chi connectivity index (χ0v) is 14.4. The number of nitrogens with zero attached hydrogens (tertiary/aromatic N) is 1. The van der Waals surface area contributed by atoms with E-state index in [0.717, 1.165) is 11.1 Å². The lowest BCUT2D eigenvalue weighted by Gasteiger charge is -2.26. The number of imide groups is 1. The molecule has 1 aliphatic carbocycles. The predicted molar refractivity (Wildman–Crippen MR) is 99.5 cm³/mol. The lowest BCUT2D eigenvalue weighted by Crippen LogP contribution is -2.39. The molecule has 1 heterocycles. The quantitative estimate of drug-likeness (QED) is 0.666. The Labute approximate surface area is 156 Å². The summed E-state index contributed by atoms with van der Waals surface area (Å²) in [4.78, 5) is 27.6. The SMILES string of the molecule is O=C1[C@@H]2[C@@H](C(=O)N1c1ccc(F)cc1)C2(c1ccccc1)c1ccccc1. The molecule has 132 valence electrons. The molecule has 27 heavy (non-hydrogen) atoms. The van der Waals surface area contributed by atoms with E-state index in [4.69, 9.17) is 0 Å². The zero-order valence-electron chi connectivity index (χ0n) is 14.4. The number of halogens is 1.